The minimum atomic E-state index is -3.48. The molecule has 12 nitrogen and oxygen atoms in total. The summed E-state index contributed by atoms with van der Waals surface area (Å²) in [6.45, 7) is 7.03. The number of thiazole rings is 1. The highest BCUT2D eigenvalue weighted by atomic mass is 32.2. The number of hydrazone groups is 1. The quantitative estimate of drug-likeness (QED) is 0.225. The van der Waals surface area contributed by atoms with Crippen molar-refractivity contribution in [3.63, 3.8) is 0 Å². The van der Waals surface area contributed by atoms with Gasteiger partial charge in [-0.05, 0) is 52.6 Å². The van der Waals surface area contributed by atoms with Gasteiger partial charge in [-0.25, -0.2) is 18.4 Å². The maximum atomic E-state index is 13.5. The van der Waals surface area contributed by atoms with Gasteiger partial charge >= 0.3 is 0 Å². The van der Waals surface area contributed by atoms with Crippen LogP contribution in [0, 0.1) is 0 Å². The Morgan fingerprint density at radius 3 is 2.52 bits per heavy atom. The topological polar surface area (TPSA) is 136 Å². The third-order valence-corrected chi connectivity index (χ3v) is 9.62. The van der Waals surface area contributed by atoms with E-state index in [2.05, 4.69) is 39.1 Å². The first kappa shape index (κ1) is 31.8. The Balaban J connectivity index is 1.54. The van der Waals surface area contributed by atoms with Crippen LogP contribution in [0.25, 0.3) is 10.3 Å². The van der Waals surface area contributed by atoms with E-state index in [0.717, 1.165) is 0 Å². The van der Waals surface area contributed by atoms with Gasteiger partial charge < -0.3 is 19.1 Å². The van der Waals surface area contributed by atoms with Crippen molar-refractivity contribution in [3.8, 4) is 5.88 Å². The van der Waals surface area contributed by atoms with Crippen molar-refractivity contribution in [2.75, 3.05) is 71.8 Å². The molecule has 1 N–H and O–H groups in total. The van der Waals surface area contributed by atoms with Crippen LogP contribution in [0.5, 0.6) is 5.88 Å². The van der Waals surface area contributed by atoms with Gasteiger partial charge in [0.05, 0.1) is 37.0 Å². The van der Waals surface area contributed by atoms with E-state index in [1.807, 2.05) is 14.1 Å². The summed E-state index contributed by atoms with van der Waals surface area (Å²) in [5.41, 5.74) is 1.08. The molecule has 228 valence electrons. The largest absolute Gasteiger partial charge is 0.476 e. The number of hydrogen-bond acceptors (Lipinski definition) is 12. The molecule has 1 aliphatic heterocycles. The Morgan fingerprint density at radius 1 is 1.14 bits per heavy atom. The summed E-state index contributed by atoms with van der Waals surface area (Å²) >= 11 is 1.23. The first-order chi connectivity index (χ1) is 20.0. The number of nitrogens with zero attached hydrogens (tertiary/aromatic N) is 5. The monoisotopic (exact) mass is 618 g/mol. The molecule has 0 saturated carbocycles. The summed E-state index contributed by atoms with van der Waals surface area (Å²) in [5, 5.41) is 9.59. The average Bonchev–Trinajstić information content (AvgIpc) is 3.37. The van der Waals surface area contributed by atoms with Crippen LogP contribution < -0.4 is 10.1 Å². The van der Waals surface area contributed by atoms with Crippen molar-refractivity contribution >= 4 is 48.3 Å². The number of morpholine rings is 1. The van der Waals surface area contributed by atoms with Gasteiger partial charge in [0.2, 0.25) is 5.88 Å². The van der Waals surface area contributed by atoms with Gasteiger partial charge in [0.25, 0.3) is 5.91 Å². The van der Waals surface area contributed by atoms with Gasteiger partial charge in [-0.2, -0.15) is 5.10 Å². The zero-order chi connectivity index (χ0) is 30.3. The molecule has 1 aliphatic rings. The highest BCUT2D eigenvalue weighted by Gasteiger charge is 2.23. The van der Waals surface area contributed by atoms with E-state index < -0.39 is 15.7 Å². The fourth-order valence-electron chi connectivity index (χ4n) is 3.83. The number of likely N-dealkylation sites (N-methyl/N-ethyl adjacent to an activating group) is 1. The van der Waals surface area contributed by atoms with Crippen LogP contribution in [0.1, 0.15) is 25.8 Å². The summed E-state index contributed by atoms with van der Waals surface area (Å²) in [5.74, 6) is -0.0208. The summed E-state index contributed by atoms with van der Waals surface area (Å²) in [4.78, 5) is 25.5. The molecule has 2 aromatic heterocycles. The first-order valence-corrected chi connectivity index (χ1v) is 16.1. The standard InChI is InChI=1S/C28H38N6O6S2/c1-28(2,33(3)4)19-40-23-12-11-22-26(30-23)41-27(29-22)31-25(35)24(32-34-13-16-39-17-14-34)20-7-9-21(10-8-20)42(36,37)18-6-15-38-5/h7-12H,6,13-19H2,1-5H3,(H,29,31,35)/b32-24-. The van der Waals surface area contributed by atoms with E-state index >= 15 is 0 Å². The maximum Gasteiger partial charge on any atom is 0.278 e. The first-order valence-electron chi connectivity index (χ1n) is 13.6. The second kappa shape index (κ2) is 13.9. The van der Waals surface area contributed by atoms with Crippen molar-refractivity contribution in [2.45, 2.75) is 30.7 Å². The van der Waals surface area contributed by atoms with Crippen LogP contribution >= 0.6 is 11.3 Å². The number of carbonyl (C=O) groups excluding carboxylic acids is 1. The molecule has 3 aromatic rings. The van der Waals surface area contributed by atoms with E-state index in [-0.39, 0.29) is 21.9 Å². The molecule has 1 amide bonds. The number of carbonyl (C=O) groups is 1. The van der Waals surface area contributed by atoms with Gasteiger partial charge in [0, 0.05) is 30.9 Å². The fraction of sp³-hybridized carbons (Fsp3) is 0.500. The minimum Gasteiger partial charge on any atom is -0.476 e. The second-order valence-corrected chi connectivity index (χ2v) is 13.7. The van der Waals surface area contributed by atoms with E-state index in [1.165, 1.54) is 30.6 Å². The Labute approximate surface area is 250 Å². The molecule has 0 aliphatic carbocycles. The van der Waals surface area contributed by atoms with Crippen LogP contribution in [0.3, 0.4) is 0 Å². The molecule has 4 rings (SSSR count). The number of methoxy groups -OCH3 is 1. The maximum absolute atomic E-state index is 13.5. The number of benzene rings is 1. The van der Waals surface area contributed by atoms with E-state index in [9.17, 15) is 13.2 Å². The molecule has 14 heteroatoms. The highest BCUT2D eigenvalue weighted by Crippen LogP contribution is 2.27. The number of amides is 1. The van der Waals surface area contributed by atoms with Gasteiger partial charge in [-0.1, -0.05) is 23.5 Å². The lowest BCUT2D eigenvalue weighted by molar-refractivity contribution is -0.110. The minimum absolute atomic E-state index is 0.0266. The summed E-state index contributed by atoms with van der Waals surface area (Å²) in [6.07, 6.45) is 0.394. The molecule has 0 atom stereocenters. The normalized spacial score (nSPS) is 14.9. The Kier molecular flexibility index (Phi) is 10.5. The lowest BCUT2D eigenvalue weighted by Gasteiger charge is -2.31. The third kappa shape index (κ3) is 8.22. The van der Waals surface area contributed by atoms with Gasteiger partial charge in [-0.3, -0.25) is 15.1 Å². The van der Waals surface area contributed by atoms with Gasteiger partial charge in [-0.15, -0.1) is 0 Å². The van der Waals surface area contributed by atoms with Gasteiger partial charge in [0.1, 0.15) is 17.0 Å². The van der Waals surface area contributed by atoms with Crippen LogP contribution in [-0.4, -0.2) is 112 Å². The van der Waals surface area contributed by atoms with Crippen LogP contribution in [0.2, 0.25) is 0 Å². The van der Waals surface area contributed by atoms with E-state index in [4.69, 9.17) is 14.2 Å². The summed E-state index contributed by atoms with van der Waals surface area (Å²) in [6, 6.07) is 9.76. The number of aromatic nitrogens is 2. The van der Waals surface area contributed by atoms with Crippen molar-refractivity contribution < 1.29 is 27.4 Å². The second-order valence-electron chi connectivity index (χ2n) is 10.6. The molecule has 1 saturated heterocycles. The molecule has 1 fully saturated rings. The number of fused-ring (bicyclic) bond motifs is 1. The molecule has 3 heterocycles. The Hall–Kier alpha value is -3.17. The number of rotatable bonds is 13. The predicted molar refractivity (Wildman–Crippen MR) is 163 cm³/mol. The zero-order valence-electron chi connectivity index (χ0n) is 24.6. The van der Waals surface area contributed by atoms with E-state index in [1.54, 1.807) is 29.3 Å². The number of ether oxygens (including phenoxy) is 3. The number of pyridine rings is 1. The van der Waals surface area contributed by atoms with Crippen LogP contribution in [0.4, 0.5) is 5.13 Å². The van der Waals surface area contributed by atoms with Gasteiger partial charge in [0.15, 0.2) is 20.7 Å². The number of anilines is 1. The average molecular weight is 619 g/mol. The SMILES string of the molecule is COCCCS(=O)(=O)c1ccc(/C(=N/N2CCOCC2)C(=O)Nc2nc3ccc(OCC(C)(C)N(C)C)nc3s2)cc1. The third-order valence-electron chi connectivity index (χ3n) is 6.93. The summed E-state index contributed by atoms with van der Waals surface area (Å²) in [7, 11) is 2.04. The number of nitrogens with one attached hydrogen (secondary N) is 1. The summed E-state index contributed by atoms with van der Waals surface area (Å²) < 4.78 is 41.7. The fourth-order valence-corrected chi connectivity index (χ4v) is 5.94. The number of hydrogen-bond donors (Lipinski definition) is 1. The van der Waals surface area contributed by atoms with Crippen LogP contribution in [0.15, 0.2) is 46.4 Å². The lowest BCUT2D eigenvalue weighted by Crippen LogP contribution is -2.43. The van der Waals surface area contributed by atoms with E-state index in [0.29, 0.717) is 72.9 Å². The lowest BCUT2D eigenvalue weighted by atomic mass is 10.1. The molecular weight excluding hydrogens is 580 g/mol. The number of sulfone groups is 1. The molecule has 0 radical (unpaired) electrons. The molecule has 0 bridgehead atoms. The van der Waals surface area contributed by atoms with Crippen molar-refractivity contribution in [3.05, 3.63) is 42.0 Å². The zero-order valence-corrected chi connectivity index (χ0v) is 26.3. The predicted octanol–water partition coefficient (Wildman–Crippen LogP) is 2.90. The highest BCUT2D eigenvalue weighted by molar-refractivity contribution is 7.91. The van der Waals surface area contributed by atoms with Crippen molar-refractivity contribution in [1.29, 1.82) is 0 Å². The smallest absolute Gasteiger partial charge is 0.278 e. The van der Waals surface area contributed by atoms with Crippen molar-refractivity contribution in [1.82, 2.24) is 19.9 Å². The van der Waals surface area contributed by atoms with Crippen molar-refractivity contribution in [2.24, 2.45) is 5.10 Å². The Morgan fingerprint density at radius 2 is 1.86 bits per heavy atom. The van der Waals surface area contributed by atoms with Crippen LogP contribution in [-0.2, 0) is 24.1 Å². The molecule has 0 unspecified atom stereocenters. The molecule has 1 aromatic carbocycles. The molecular formula is C28H38N6O6S2. The molecule has 0 spiro atoms. The molecule has 42 heavy (non-hydrogen) atoms. The Bertz CT molecular complexity index is 1500.